The van der Waals surface area contributed by atoms with Gasteiger partial charge in [-0.15, -0.1) is 0 Å². The third-order valence-electron chi connectivity index (χ3n) is 5.31. The predicted octanol–water partition coefficient (Wildman–Crippen LogP) is 2.87. The molecule has 3 heterocycles. The van der Waals surface area contributed by atoms with Gasteiger partial charge >= 0.3 is 5.97 Å². The molecule has 0 spiro atoms. The fourth-order valence-corrected chi connectivity index (χ4v) is 4.96. The molecule has 1 fully saturated rings. The Labute approximate surface area is 172 Å². The third-order valence-corrected chi connectivity index (χ3v) is 6.40. The van der Waals surface area contributed by atoms with Gasteiger partial charge in [-0.1, -0.05) is 23.5 Å². The molecular weight excluding hydrogens is 392 g/mol. The zero-order valence-corrected chi connectivity index (χ0v) is 17.3. The van der Waals surface area contributed by atoms with Crippen LogP contribution in [0.2, 0.25) is 0 Å². The Morgan fingerprint density at radius 3 is 2.86 bits per heavy atom. The molecule has 1 atom stereocenters. The van der Waals surface area contributed by atoms with E-state index in [2.05, 4.69) is 15.0 Å². The molecule has 1 aromatic carbocycles. The zero-order chi connectivity index (χ0) is 20.4. The molecule has 0 bridgehead atoms. The maximum atomic E-state index is 12.1. The van der Waals surface area contributed by atoms with E-state index in [9.17, 15) is 9.90 Å². The molecule has 2 aromatic heterocycles. The van der Waals surface area contributed by atoms with E-state index in [1.165, 1.54) is 22.2 Å². The van der Waals surface area contributed by atoms with Crippen molar-refractivity contribution < 1.29 is 19.4 Å². The number of piperidine rings is 1. The number of methoxy groups -OCH3 is 1. The number of ether oxygens (including phenoxy) is 2. The quantitative estimate of drug-likeness (QED) is 0.618. The molecule has 3 aromatic rings. The lowest BCUT2D eigenvalue weighted by molar-refractivity contribution is -0.149. The summed E-state index contributed by atoms with van der Waals surface area (Å²) in [5.41, 5.74) is 1.01. The molecule has 1 N–H and O–H groups in total. The summed E-state index contributed by atoms with van der Waals surface area (Å²) in [6.07, 6.45) is 2.88. The number of carbonyl (C=O) groups excluding carboxylic acids is 1. The van der Waals surface area contributed by atoms with Crippen LogP contribution in [0.5, 0.6) is 11.6 Å². The predicted molar refractivity (Wildman–Crippen MR) is 108 cm³/mol. The van der Waals surface area contributed by atoms with Crippen LogP contribution < -0.4 is 4.74 Å². The van der Waals surface area contributed by atoms with Crippen molar-refractivity contribution in [2.45, 2.75) is 25.8 Å². The molecule has 0 aliphatic carbocycles. The lowest BCUT2D eigenvalue weighted by Crippen LogP contribution is -2.39. The number of hydrogen-bond donors (Lipinski definition) is 1. The second-order valence-electron chi connectivity index (χ2n) is 6.99. The Hall–Kier alpha value is -2.65. The first-order chi connectivity index (χ1) is 14.1. The van der Waals surface area contributed by atoms with Crippen LogP contribution in [0.1, 0.15) is 36.2 Å². The van der Waals surface area contributed by atoms with Crippen molar-refractivity contribution in [1.29, 1.82) is 0 Å². The summed E-state index contributed by atoms with van der Waals surface area (Å²) in [6, 6.07) is 7.68. The van der Waals surface area contributed by atoms with Crippen molar-refractivity contribution in [1.82, 2.24) is 19.5 Å². The summed E-state index contributed by atoms with van der Waals surface area (Å²) in [5, 5.41) is 14.9. The van der Waals surface area contributed by atoms with Gasteiger partial charge in [0.25, 0.3) is 0 Å². The molecule has 0 amide bonds. The Balaban J connectivity index is 1.67. The fraction of sp³-hybridized carbons (Fsp3) is 0.450. The normalized spacial score (nSPS) is 16.8. The number of aromatic hydroxyl groups is 1. The van der Waals surface area contributed by atoms with Crippen LogP contribution >= 0.6 is 11.3 Å². The minimum atomic E-state index is -0.179. The fourth-order valence-electron chi connectivity index (χ4n) is 3.87. The van der Waals surface area contributed by atoms with Crippen LogP contribution in [0.4, 0.5) is 0 Å². The molecule has 0 radical (unpaired) electrons. The molecule has 29 heavy (non-hydrogen) atoms. The average molecular weight is 417 g/mol. The number of carbonyl (C=O) groups is 1. The van der Waals surface area contributed by atoms with Crippen LogP contribution in [-0.4, -0.2) is 57.4 Å². The van der Waals surface area contributed by atoms with Gasteiger partial charge in [-0.25, -0.2) is 4.98 Å². The Bertz CT molecular complexity index is 993. The number of rotatable bonds is 6. The molecule has 8 nitrogen and oxygen atoms in total. The molecular formula is C20H24N4O4S. The number of thiazole rings is 1. The molecule has 9 heteroatoms. The maximum Gasteiger partial charge on any atom is 0.309 e. The molecule has 1 saturated heterocycles. The number of aromatic nitrogens is 3. The number of fused-ring (bicyclic) bond motifs is 1. The van der Waals surface area contributed by atoms with Gasteiger partial charge in [-0.2, -0.15) is 9.61 Å². The first kappa shape index (κ1) is 19.7. The SMILES string of the molecule is CCOC(=O)C1CCN(C(c2cccc(OC)c2)c2sc3ncnn3c2O)CC1. The molecule has 4 rings (SSSR count). The number of hydrogen-bond acceptors (Lipinski definition) is 8. The van der Waals surface area contributed by atoms with Gasteiger partial charge in [-0.3, -0.25) is 9.69 Å². The van der Waals surface area contributed by atoms with E-state index in [4.69, 9.17) is 9.47 Å². The minimum Gasteiger partial charge on any atom is -0.497 e. The van der Waals surface area contributed by atoms with Crippen molar-refractivity contribution in [3.63, 3.8) is 0 Å². The second kappa shape index (κ2) is 8.38. The highest BCUT2D eigenvalue weighted by Crippen LogP contribution is 2.41. The highest BCUT2D eigenvalue weighted by molar-refractivity contribution is 7.17. The lowest BCUT2D eigenvalue weighted by Gasteiger charge is -2.36. The van der Waals surface area contributed by atoms with E-state index < -0.39 is 0 Å². The molecule has 154 valence electrons. The first-order valence-electron chi connectivity index (χ1n) is 9.68. The van der Waals surface area contributed by atoms with Crippen molar-refractivity contribution in [2.75, 3.05) is 26.8 Å². The summed E-state index contributed by atoms with van der Waals surface area (Å²) in [4.78, 5) is 20.1. The molecule has 1 aliphatic heterocycles. The number of benzene rings is 1. The standard InChI is InChI=1S/C20H24N4O4S/c1-3-28-19(26)13-7-9-23(10-8-13)16(14-5-4-6-15(11-14)27-2)17-18(25)24-20(29-17)21-12-22-24/h4-6,11-13,16,25H,3,7-10H2,1-2H3. The monoisotopic (exact) mass is 416 g/mol. The van der Waals surface area contributed by atoms with Crippen LogP contribution in [0.25, 0.3) is 4.96 Å². The Morgan fingerprint density at radius 2 is 2.17 bits per heavy atom. The van der Waals surface area contributed by atoms with Gasteiger partial charge < -0.3 is 14.6 Å². The van der Waals surface area contributed by atoms with Gasteiger partial charge in [-0.05, 0) is 50.6 Å². The van der Waals surface area contributed by atoms with Crippen LogP contribution in [-0.2, 0) is 9.53 Å². The van der Waals surface area contributed by atoms with E-state index in [1.54, 1.807) is 7.11 Å². The molecule has 1 aliphatic rings. The van der Waals surface area contributed by atoms with E-state index >= 15 is 0 Å². The van der Waals surface area contributed by atoms with Gasteiger partial charge in [0.2, 0.25) is 10.8 Å². The second-order valence-corrected chi connectivity index (χ2v) is 7.99. The van der Waals surface area contributed by atoms with Crippen LogP contribution in [0, 0.1) is 5.92 Å². The molecule has 0 saturated carbocycles. The maximum absolute atomic E-state index is 12.1. The molecule has 1 unspecified atom stereocenters. The van der Waals surface area contributed by atoms with Crippen LogP contribution in [0.3, 0.4) is 0 Å². The van der Waals surface area contributed by atoms with Gasteiger partial charge in [0.05, 0.1) is 30.6 Å². The van der Waals surface area contributed by atoms with Gasteiger partial charge in [0.1, 0.15) is 12.1 Å². The van der Waals surface area contributed by atoms with Crippen molar-refractivity contribution in [3.05, 3.63) is 41.0 Å². The summed E-state index contributed by atoms with van der Waals surface area (Å²) in [5.74, 6) is 0.662. The van der Waals surface area contributed by atoms with Crippen LogP contribution in [0.15, 0.2) is 30.6 Å². The zero-order valence-electron chi connectivity index (χ0n) is 16.4. The van der Waals surface area contributed by atoms with Crippen molar-refractivity contribution in [2.24, 2.45) is 5.92 Å². The number of likely N-dealkylation sites (tertiary alicyclic amines) is 1. The number of nitrogens with zero attached hydrogens (tertiary/aromatic N) is 4. The van der Waals surface area contributed by atoms with E-state index in [0.29, 0.717) is 11.6 Å². The summed E-state index contributed by atoms with van der Waals surface area (Å²) in [7, 11) is 1.64. The van der Waals surface area contributed by atoms with Crippen molar-refractivity contribution >= 4 is 22.3 Å². The topological polar surface area (TPSA) is 89.2 Å². The first-order valence-corrected chi connectivity index (χ1v) is 10.5. The van der Waals surface area contributed by atoms with E-state index in [0.717, 1.165) is 42.1 Å². The Kier molecular flexibility index (Phi) is 5.68. The highest BCUT2D eigenvalue weighted by atomic mass is 32.1. The van der Waals surface area contributed by atoms with Crippen molar-refractivity contribution in [3.8, 4) is 11.6 Å². The number of esters is 1. The van der Waals surface area contributed by atoms with E-state index in [1.807, 2.05) is 31.2 Å². The van der Waals surface area contributed by atoms with Gasteiger partial charge in [0.15, 0.2) is 0 Å². The lowest BCUT2D eigenvalue weighted by atomic mass is 9.93. The third kappa shape index (κ3) is 3.79. The highest BCUT2D eigenvalue weighted by Gasteiger charge is 2.34. The van der Waals surface area contributed by atoms with Gasteiger partial charge in [0, 0.05) is 0 Å². The summed E-state index contributed by atoms with van der Waals surface area (Å²) >= 11 is 1.42. The average Bonchev–Trinajstić information content (AvgIpc) is 3.32. The summed E-state index contributed by atoms with van der Waals surface area (Å²) < 4.78 is 12.1. The largest absolute Gasteiger partial charge is 0.497 e. The Morgan fingerprint density at radius 1 is 1.38 bits per heavy atom. The smallest absolute Gasteiger partial charge is 0.309 e. The van der Waals surface area contributed by atoms with E-state index in [-0.39, 0.29) is 23.8 Å². The minimum absolute atomic E-state index is 0.0759. The summed E-state index contributed by atoms with van der Waals surface area (Å²) in [6.45, 7) is 3.67.